The number of halogens is 1. The molecule has 0 unspecified atom stereocenters. The number of rotatable bonds is 5. The first kappa shape index (κ1) is 21.6. The Morgan fingerprint density at radius 3 is 2.71 bits per heavy atom. The fourth-order valence-corrected chi connectivity index (χ4v) is 5.02. The third-order valence-electron chi connectivity index (χ3n) is 6.67. The van der Waals surface area contributed by atoms with Crippen molar-refractivity contribution in [3.05, 3.63) is 58.9 Å². The number of aromatic nitrogens is 1. The van der Waals surface area contributed by atoms with Crippen LogP contribution in [-0.2, 0) is 10.2 Å². The number of benzene rings is 1. The molecule has 0 spiro atoms. The molecule has 164 valence electrons. The Balaban J connectivity index is 1.45. The lowest BCUT2D eigenvalue weighted by atomic mass is 9.68. The third kappa shape index (κ3) is 4.12. The Bertz CT molecular complexity index is 975. The summed E-state index contributed by atoms with van der Waals surface area (Å²) in [6, 6.07) is 11.5. The molecule has 2 fully saturated rings. The standard InChI is InChI=1S/C23H27ClN4O3/c1-31-21(29)20-14-19(7-10-26-20)28-12-11-27(22(28)30)18-5-8-23(15-25,9-6-18)16-3-2-4-17(24)13-16/h2-4,7,10,13-14,18H,5-6,8-9,11-12,15,25H2,1H3. The summed E-state index contributed by atoms with van der Waals surface area (Å²) in [4.78, 5) is 32.6. The number of carbonyl (C=O) groups is 2. The first-order chi connectivity index (χ1) is 15.0. The molecule has 0 atom stereocenters. The number of hydrogen-bond donors (Lipinski definition) is 1. The van der Waals surface area contributed by atoms with Gasteiger partial charge in [-0.2, -0.15) is 0 Å². The second-order valence-electron chi connectivity index (χ2n) is 8.24. The molecule has 2 aromatic rings. The SMILES string of the molecule is COC(=O)c1cc(N2CCN(C3CCC(CN)(c4cccc(Cl)c4)CC3)C2=O)ccn1. The second kappa shape index (κ2) is 8.85. The van der Waals surface area contributed by atoms with Crippen molar-refractivity contribution < 1.29 is 14.3 Å². The minimum Gasteiger partial charge on any atom is -0.464 e. The van der Waals surface area contributed by atoms with Gasteiger partial charge in [-0.3, -0.25) is 4.90 Å². The Morgan fingerprint density at radius 2 is 2.03 bits per heavy atom. The number of pyridine rings is 1. The molecule has 2 N–H and O–H groups in total. The Kier molecular flexibility index (Phi) is 6.16. The van der Waals surface area contributed by atoms with Crippen molar-refractivity contribution in [1.29, 1.82) is 0 Å². The van der Waals surface area contributed by atoms with Gasteiger partial charge in [-0.1, -0.05) is 23.7 Å². The molecule has 1 aliphatic heterocycles. The van der Waals surface area contributed by atoms with Crippen molar-refractivity contribution in [2.24, 2.45) is 5.73 Å². The van der Waals surface area contributed by atoms with Gasteiger partial charge in [-0.25, -0.2) is 14.6 Å². The summed E-state index contributed by atoms with van der Waals surface area (Å²) < 4.78 is 4.74. The molecule has 0 bridgehead atoms. The van der Waals surface area contributed by atoms with E-state index in [1.165, 1.54) is 18.9 Å². The minimum atomic E-state index is -0.517. The van der Waals surface area contributed by atoms with Gasteiger partial charge in [0.2, 0.25) is 0 Å². The van der Waals surface area contributed by atoms with Crippen LogP contribution in [0.4, 0.5) is 10.5 Å². The van der Waals surface area contributed by atoms with Crippen LogP contribution in [0.25, 0.3) is 0 Å². The monoisotopic (exact) mass is 442 g/mol. The molecular formula is C23H27ClN4O3. The van der Waals surface area contributed by atoms with E-state index in [9.17, 15) is 9.59 Å². The number of anilines is 1. The number of esters is 1. The van der Waals surface area contributed by atoms with Crippen LogP contribution >= 0.6 is 11.6 Å². The number of methoxy groups -OCH3 is 1. The summed E-state index contributed by atoms with van der Waals surface area (Å²) in [7, 11) is 1.31. The zero-order chi connectivity index (χ0) is 22.0. The van der Waals surface area contributed by atoms with E-state index in [4.69, 9.17) is 22.1 Å². The Morgan fingerprint density at radius 1 is 1.26 bits per heavy atom. The van der Waals surface area contributed by atoms with E-state index in [2.05, 4.69) is 11.1 Å². The maximum atomic E-state index is 13.2. The molecule has 8 heteroatoms. The van der Waals surface area contributed by atoms with Gasteiger partial charge in [-0.15, -0.1) is 0 Å². The van der Waals surface area contributed by atoms with Crippen LogP contribution in [-0.4, -0.2) is 54.7 Å². The van der Waals surface area contributed by atoms with E-state index in [0.29, 0.717) is 25.3 Å². The number of urea groups is 1. The van der Waals surface area contributed by atoms with Crippen LogP contribution in [0.15, 0.2) is 42.6 Å². The maximum absolute atomic E-state index is 13.2. The largest absolute Gasteiger partial charge is 0.464 e. The molecular weight excluding hydrogens is 416 g/mol. The fourth-order valence-electron chi connectivity index (χ4n) is 4.83. The average molecular weight is 443 g/mol. The van der Waals surface area contributed by atoms with E-state index in [1.807, 2.05) is 23.1 Å². The Labute approximate surface area is 187 Å². The summed E-state index contributed by atoms with van der Waals surface area (Å²) >= 11 is 6.22. The smallest absolute Gasteiger partial charge is 0.356 e. The van der Waals surface area contributed by atoms with Crippen LogP contribution < -0.4 is 10.6 Å². The highest BCUT2D eigenvalue weighted by atomic mass is 35.5. The molecule has 1 aromatic heterocycles. The Hall–Kier alpha value is -2.64. The van der Waals surface area contributed by atoms with E-state index in [0.717, 1.165) is 30.7 Å². The molecule has 31 heavy (non-hydrogen) atoms. The molecule has 4 rings (SSSR count). The summed E-state index contributed by atoms with van der Waals surface area (Å²) in [5, 5.41) is 0.724. The molecule has 1 aromatic carbocycles. The minimum absolute atomic E-state index is 0.0324. The molecule has 1 saturated carbocycles. The van der Waals surface area contributed by atoms with Crippen molar-refractivity contribution >= 4 is 29.3 Å². The van der Waals surface area contributed by atoms with Crippen molar-refractivity contribution in [3.8, 4) is 0 Å². The van der Waals surface area contributed by atoms with Crippen LogP contribution in [0.5, 0.6) is 0 Å². The van der Waals surface area contributed by atoms with Crippen molar-refractivity contribution in [2.45, 2.75) is 37.1 Å². The molecule has 2 heterocycles. The number of hydrogen-bond acceptors (Lipinski definition) is 5. The molecule has 7 nitrogen and oxygen atoms in total. The molecule has 1 saturated heterocycles. The first-order valence-electron chi connectivity index (χ1n) is 10.6. The van der Waals surface area contributed by atoms with Gasteiger partial charge in [0.15, 0.2) is 0 Å². The predicted molar refractivity (Wildman–Crippen MR) is 119 cm³/mol. The van der Waals surface area contributed by atoms with Gasteiger partial charge >= 0.3 is 12.0 Å². The lowest BCUT2D eigenvalue weighted by Crippen LogP contribution is -2.46. The number of amides is 2. The first-order valence-corrected chi connectivity index (χ1v) is 10.9. The lowest BCUT2D eigenvalue weighted by molar-refractivity contribution is 0.0594. The number of nitrogens with two attached hydrogens (primary N) is 1. The average Bonchev–Trinajstić information content (AvgIpc) is 3.20. The third-order valence-corrected chi connectivity index (χ3v) is 6.91. The zero-order valence-electron chi connectivity index (χ0n) is 17.6. The molecule has 1 aliphatic carbocycles. The molecule has 2 amide bonds. The van der Waals surface area contributed by atoms with E-state index in [-0.39, 0.29) is 23.2 Å². The van der Waals surface area contributed by atoms with Gasteiger partial charge in [-0.05, 0) is 55.5 Å². The quantitative estimate of drug-likeness (QED) is 0.714. The van der Waals surface area contributed by atoms with E-state index >= 15 is 0 Å². The summed E-state index contributed by atoms with van der Waals surface area (Å²) in [6.45, 7) is 1.80. The van der Waals surface area contributed by atoms with Gasteiger partial charge in [0.05, 0.1) is 7.11 Å². The van der Waals surface area contributed by atoms with Gasteiger partial charge < -0.3 is 15.4 Å². The topological polar surface area (TPSA) is 88.8 Å². The summed E-state index contributed by atoms with van der Waals surface area (Å²) in [5.74, 6) is -0.517. The molecule has 0 radical (unpaired) electrons. The number of nitrogens with zero attached hydrogens (tertiary/aromatic N) is 3. The van der Waals surface area contributed by atoms with Crippen LogP contribution in [0.1, 0.15) is 41.7 Å². The van der Waals surface area contributed by atoms with Crippen LogP contribution in [0, 0.1) is 0 Å². The number of carbonyl (C=O) groups excluding carboxylic acids is 2. The number of ether oxygens (including phenoxy) is 1. The van der Waals surface area contributed by atoms with Crippen molar-refractivity contribution in [1.82, 2.24) is 9.88 Å². The second-order valence-corrected chi connectivity index (χ2v) is 8.68. The lowest BCUT2D eigenvalue weighted by Gasteiger charge is -2.42. The summed E-state index contributed by atoms with van der Waals surface area (Å²) in [5.41, 5.74) is 8.16. The molecule has 2 aliphatic rings. The van der Waals surface area contributed by atoms with Crippen LogP contribution in [0.3, 0.4) is 0 Å². The highest BCUT2D eigenvalue weighted by molar-refractivity contribution is 6.30. The highest BCUT2D eigenvalue weighted by Gasteiger charge is 2.41. The van der Waals surface area contributed by atoms with Gasteiger partial charge in [0.1, 0.15) is 5.69 Å². The van der Waals surface area contributed by atoms with E-state index in [1.54, 1.807) is 17.0 Å². The zero-order valence-corrected chi connectivity index (χ0v) is 18.3. The van der Waals surface area contributed by atoms with Crippen molar-refractivity contribution in [2.75, 3.05) is 31.6 Å². The maximum Gasteiger partial charge on any atom is 0.356 e. The van der Waals surface area contributed by atoms with Crippen LogP contribution in [0.2, 0.25) is 5.02 Å². The fraction of sp³-hybridized carbons (Fsp3) is 0.435. The predicted octanol–water partition coefficient (Wildman–Crippen LogP) is 3.60. The van der Waals surface area contributed by atoms with Gasteiger partial charge in [0.25, 0.3) is 0 Å². The van der Waals surface area contributed by atoms with Gasteiger partial charge in [0, 0.05) is 48.0 Å². The summed E-state index contributed by atoms with van der Waals surface area (Å²) in [6.07, 6.45) is 5.15. The van der Waals surface area contributed by atoms with E-state index < -0.39 is 5.97 Å². The normalized spacial score (nSPS) is 23.8. The highest BCUT2D eigenvalue weighted by Crippen LogP contribution is 2.41. The van der Waals surface area contributed by atoms with Crippen molar-refractivity contribution in [3.63, 3.8) is 0 Å².